The number of hydrogen-bond acceptors (Lipinski definition) is 8. The molecule has 4 aliphatic rings. The summed E-state index contributed by atoms with van der Waals surface area (Å²) < 4.78 is 47.1. The van der Waals surface area contributed by atoms with Crippen molar-refractivity contribution in [3.05, 3.63) is 44.6 Å². The molecule has 3 fully saturated rings. The lowest BCUT2D eigenvalue weighted by Gasteiger charge is -2.43. The number of alkyl halides is 3. The van der Waals surface area contributed by atoms with Crippen LogP contribution >= 0.6 is 22.9 Å². The number of nitrogens with one attached hydrogen (secondary N) is 1. The highest BCUT2D eigenvalue weighted by atomic mass is 35.5. The van der Waals surface area contributed by atoms with Gasteiger partial charge >= 0.3 is 18.3 Å². The van der Waals surface area contributed by atoms with Crippen LogP contribution < -0.4 is 11.1 Å². The van der Waals surface area contributed by atoms with E-state index in [1.165, 1.54) is 22.3 Å². The van der Waals surface area contributed by atoms with Gasteiger partial charge in [0.15, 0.2) is 6.10 Å². The number of amides is 4. The third-order valence-corrected chi connectivity index (χ3v) is 11.1. The first-order chi connectivity index (χ1) is 22.9. The van der Waals surface area contributed by atoms with E-state index in [0.29, 0.717) is 64.7 Å². The van der Waals surface area contributed by atoms with Gasteiger partial charge in [0.05, 0.1) is 28.5 Å². The first-order valence-corrected chi connectivity index (χ1v) is 17.6. The molecule has 0 aliphatic carbocycles. The highest BCUT2D eigenvalue weighted by Crippen LogP contribution is 2.38. The monoisotopic (exact) mass is 711 g/mol. The van der Waals surface area contributed by atoms with Crippen LogP contribution in [0.5, 0.6) is 0 Å². The number of carbonyl (C=O) groups is 3. The number of hydrogen-bond donors (Lipinski definition) is 2. The molecule has 4 aliphatic heterocycles. The van der Waals surface area contributed by atoms with E-state index < -0.39 is 35.5 Å². The molecule has 0 unspecified atom stereocenters. The van der Waals surface area contributed by atoms with Crippen LogP contribution in [0.25, 0.3) is 0 Å². The minimum absolute atomic E-state index is 0.0836. The normalized spacial score (nSPS) is 21.2. The fourth-order valence-corrected chi connectivity index (χ4v) is 8.16. The van der Waals surface area contributed by atoms with E-state index >= 15 is 0 Å². The Labute approximate surface area is 286 Å². The van der Waals surface area contributed by atoms with E-state index in [9.17, 15) is 27.6 Å². The highest BCUT2D eigenvalue weighted by Gasteiger charge is 2.38. The van der Waals surface area contributed by atoms with E-state index in [1.54, 1.807) is 9.80 Å². The molecule has 0 spiro atoms. The van der Waals surface area contributed by atoms with Crippen LogP contribution in [-0.2, 0) is 28.7 Å². The number of rotatable bonds is 6. The number of anilines is 2. The lowest BCUT2D eigenvalue weighted by Crippen LogP contribution is -2.56. The van der Waals surface area contributed by atoms with Gasteiger partial charge < -0.3 is 35.4 Å². The molecule has 11 nitrogen and oxygen atoms in total. The summed E-state index contributed by atoms with van der Waals surface area (Å²) in [6, 6.07) is 2.33. The number of urea groups is 1. The number of piperazine rings is 1. The van der Waals surface area contributed by atoms with Gasteiger partial charge in [-0.25, -0.2) is 9.59 Å². The predicted molar refractivity (Wildman–Crippen MR) is 177 cm³/mol. The van der Waals surface area contributed by atoms with Crippen molar-refractivity contribution < 1.29 is 32.3 Å². The second kappa shape index (κ2) is 14.3. The Balaban J connectivity index is 1.13. The zero-order valence-electron chi connectivity index (χ0n) is 26.8. The number of thiophene rings is 1. The zero-order valence-corrected chi connectivity index (χ0v) is 28.4. The molecule has 6 rings (SSSR count). The van der Waals surface area contributed by atoms with Crippen molar-refractivity contribution in [3.63, 3.8) is 0 Å². The van der Waals surface area contributed by atoms with Gasteiger partial charge in [0.1, 0.15) is 0 Å². The predicted octanol–water partition coefficient (Wildman–Crippen LogP) is 4.80. The van der Waals surface area contributed by atoms with Gasteiger partial charge in [0, 0.05) is 68.7 Å². The molecule has 4 amide bonds. The van der Waals surface area contributed by atoms with Crippen LogP contribution in [0.2, 0.25) is 5.02 Å². The number of benzene rings is 1. The van der Waals surface area contributed by atoms with E-state index in [1.807, 2.05) is 10.8 Å². The van der Waals surface area contributed by atoms with Gasteiger partial charge in [-0.05, 0) is 68.9 Å². The lowest BCUT2D eigenvalue weighted by atomic mass is 10.0. The number of carbonyl (C=O) groups excluding carboxylic acids is 3. The van der Waals surface area contributed by atoms with Crippen molar-refractivity contribution in [1.29, 1.82) is 0 Å². The van der Waals surface area contributed by atoms with Crippen LogP contribution in [0.1, 0.15) is 42.4 Å². The number of fused-ring (bicyclic) bond motifs is 1. The number of piperidine rings is 2. The van der Waals surface area contributed by atoms with Crippen LogP contribution in [-0.4, -0.2) is 120 Å². The van der Waals surface area contributed by atoms with E-state index in [2.05, 4.69) is 22.2 Å². The topological polar surface area (TPSA) is 115 Å². The lowest BCUT2D eigenvalue weighted by molar-refractivity contribution is -0.143. The molecule has 1 aromatic carbocycles. The molecule has 3 saturated heterocycles. The number of halogens is 4. The first-order valence-electron chi connectivity index (χ1n) is 16.3. The SMILES string of the molecule is CN1CCC(N2CCN(C(=O)[C@@H](Cc3cc(Cl)c(N)c(C(F)(F)F)c3)OC(=O)N3CCC(N4Cc5cscc5NC4=O)CC3)CC2)CC1. The molecule has 16 heteroatoms. The summed E-state index contributed by atoms with van der Waals surface area (Å²) in [5, 5.41) is 6.53. The molecule has 0 radical (unpaired) electrons. The summed E-state index contributed by atoms with van der Waals surface area (Å²) in [5.41, 5.74) is 5.90. The van der Waals surface area contributed by atoms with Crippen molar-refractivity contribution in [2.24, 2.45) is 0 Å². The summed E-state index contributed by atoms with van der Waals surface area (Å²) in [5.74, 6) is -0.459. The molecular formula is C32H41ClF3N7O4S. The van der Waals surface area contributed by atoms with Crippen molar-refractivity contribution >= 4 is 52.3 Å². The molecule has 262 valence electrons. The van der Waals surface area contributed by atoms with Gasteiger partial charge in [0.25, 0.3) is 5.91 Å². The second-order valence-corrected chi connectivity index (χ2v) is 14.2. The smallest absolute Gasteiger partial charge is 0.418 e. The average Bonchev–Trinajstić information content (AvgIpc) is 3.52. The van der Waals surface area contributed by atoms with Crippen LogP contribution in [0, 0.1) is 0 Å². The minimum atomic E-state index is -4.76. The Hall–Kier alpha value is -3.27. The number of nitrogen functional groups attached to an aromatic ring is 1. The fraction of sp³-hybridized carbons (Fsp3) is 0.594. The van der Waals surface area contributed by atoms with Crippen LogP contribution in [0.15, 0.2) is 22.9 Å². The van der Waals surface area contributed by atoms with Gasteiger partial charge in [0.2, 0.25) is 0 Å². The highest BCUT2D eigenvalue weighted by molar-refractivity contribution is 7.08. The summed E-state index contributed by atoms with van der Waals surface area (Å²) in [6.07, 6.45) is -4.00. The van der Waals surface area contributed by atoms with E-state index in [0.717, 1.165) is 43.2 Å². The third-order valence-electron chi connectivity index (χ3n) is 10.0. The number of likely N-dealkylation sites (tertiary alicyclic amines) is 2. The molecule has 0 saturated carbocycles. The molecule has 5 heterocycles. The summed E-state index contributed by atoms with van der Waals surface area (Å²) >= 11 is 7.62. The fourth-order valence-electron chi connectivity index (χ4n) is 7.14. The molecule has 2 aromatic rings. The molecule has 0 bridgehead atoms. The summed E-state index contributed by atoms with van der Waals surface area (Å²) in [6.45, 7) is 5.29. The molecule has 1 atom stereocenters. The van der Waals surface area contributed by atoms with Gasteiger partial charge in [-0.1, -0.05) is 11.6 Å². The van der Waals surface area contributed by atoms with Crippen molar-refractivity contribution in [2.75, 3.05) is 70.5 Å². The Morgan fingerprint density at radius 3 is 2.33 bits per heavy atom. The Kier molecular flexibility index (Phi) is 10.3. The first kappa shape index (κ1) is 34.6. The van der Waals surface area contributed by atoms with E-state index in [-0.39, 0.29) is 29.1 Å². The Morgan fingerprint density at radius 1 is 1.00 bits per heavy atom. The summed E-state index contributed by atoms with van der Waals surface area (Å²) in [7, 11) is 2.11. The van der Waals surface area contributed by atoms with Crippen molar-refractivity contribution in [1.82, 2.24) is 24.5 Å². The molecular weight excluding hydrogens is 671 g/mol. The number of ether oxygens (including phenoxy) is 1. The molecule has 48 heavy (non-hydrogen) atoms. The average molecular weight is 712 g/mol. The second-order valence-electron chi connectivity index (χ2n) is 13.1. The Morgan fingerprint density at radius 2 is 1.67 bits per heavy atom. The van der Waals surface area contributed by atoms with Crippen LogP contribution in [0.4, 0.5) is 34.1 Å². The maximum Gasteiger partial charge on any atom is 0.418 e. The quantitative estimate of drug-likeness (QED) is 0.414. The van der Waals surface area contributed by atoms with Crippen molar-refractivity contribution in [3.8, 4) is 0 Å². The minimum Gasteiger partial charge on any atom is -0.436 e. The van der Waals surface area contributed by atoms with Crippen LogP contribution in [0.3, 0.4) is 0 Å². The van der Waals surface area contributed by atoms with Gasteiger partial charge in [-0.3, -0.25) is 9.69 Å². The molecule has 3 N–H and O–H groups in total. The Bertz CT molecular complexity index is 1500. The standard InChI is InChI=1S/C32H41ClF3N7O4S/c1-39-6-2-22(3-7-39)40-10-12-41(13-11-40)29(44)27(16-20-14-24(32(34,35)36)28(37)25(33)15-20)47-31(46)42-8-4-23(5-9-42)43-17-21-18-48-19-26(21)38-30(43)45/h14-15,18-19,22-23,27H,2-13,16-17,37H2,1H3,(H,38,45)/t27-/m1/s1. The van der Waals surface area contributed by atoms with Gasteiger partial charge in [-0.2, -0.15) is 13.2 Å². The third kappa shape index (κ3) is 7.63. The largest absolute Gasteiger partial charge is 0.436 e. The molecule has 1 aromatic heterocycles. The summed E-state index contributed by atoms with van der Waals surface area (Å²) in [4.78, 5) is 49.8. The van der Waals surface area contributed by atoms with Crippen molar-refractivity contribution in [2.45, 2.75) is 63.0 Å². The maximum atomic E-state index is 13.9. The maximum absolute atomic E-state index is 13.9. The zero-order chi connectivity index (χ0) is 34.2. The number of nitrogens with zero attached hydrogens (tertiary/aromatic N) is 5. The number of nitrogens with two attached hydrogens (primary N) is 1. The van der Waals surface area contributed by atoms with Gasteiger partial charge in [-0.15, -0.1) is 11.3 Å². The van der Waals surface area contributed by atoms with E-state index in [4.69, 9.17) is 22.1 Å².